The van der Waals surface area contributed by atoms with Gasteiger partial charge in [-0.1, -0.05) is 25.1 Å². The number of para-hydroxylation sites is 1. The first-order valence-corrected chi connectivity index (χ1v) is 6.29. The van der Waals surface area contributed by atoms with Crippen LogP contribution >= 0.6 is 0 Å². The van der Waals surface area contributed by atoms with Crippen molar-refractivity contribution in [2.24, 2.45) is 13.0 Å². The Bertz CT molecular complexity index is 548. The highest BCUT2D eigenvalue weighted by molar-refractivity contribution is 5.54. The highest BCUT2D eigenvalue weighted by atomic mass is 15.6. The zero-order chi connectivity index (χ0) is 12.5. The molecule has 5 nitrogen and oxygen atoms in total. The van der Waals surface area contributed by atoms with Crippen molar-refractivity contribution < 1.29 is 0 Å². The van der Waals surface area contributed by atoms with E-state index in [1.54, 1.807) is 7.05 Å². The molecule has 0 spiro atoms. The van der Waals surface area contributed by atoms with E-state index in [0.29, 0.717) is 12.0 Å². The van der Waals surface area contributed by atoms with Gasteiger partial charge in [-0.25, -0.2) is 0 Å². The molecule has 5 heteroatoms. The summed E-state index contributed by atoms with van der Waals surface area (Å²) in [6.07, 6.45) is 1.93. The lowest BCUT2D eigenvalue weighted by Gasteiger charge is -2.32. The predicted octanol–water partition coefficient (Wildman–Crippen LogP) is 1.43. The molecule has 1 aliphatic heterocycles. The molecule has 2 atom stereocenters. The lowest BCUT2D eigenvalue weighted by molar-refractivity contribution is 0.454. The minimum absolute atomic E-state index is 0.379. The van der Waals surface area contributed by atoms with Crippen LogP contribution in [0.25, 0.3) is 0 Å². The van der Waals surface area contributed by atoms with Gasteiger partial charge in [0.2, 0.25) is 0 Å². The molecule has 0 bridgehead atoms. The highest BCUT2D eigenvalue weighted by Gasteiger charge is 2.25. The second-order valence-corrected chi connectivity index (χ2v) is 4.99. The standard InChI is InChI=1S/C13H17N5/c1-9-7-10-5-3-4-6-11(10)14-12(9)8-13-15-17-18(2)16-13/h3-6,9,12,14H,7-8H2,1-2H3. The molecule has 2 aromatic rings. The summed E-state index contributed by atoms with van der Waals surface area (Å²) in [6, 6.07) is 8.87. The third-order valence-corrected chi connectivity index (χ3v) is 3.54. The minimum Gasteiger partial charge on any atom is -0.381 e. The molecule has 1 aliphatic rings. The van der Waals surface area contributed by atoms with E-state index in [1.807, 2.05) is 0 Å². The first-order chi connectivity index (χ1) is 8.72. The molecule has 0 amide bonds. The van der Waals surface area contributed by atoms with E-state index < -0.39 is 0 Å². The Balaban J connectivity index is 1.78. The van der Waals surface area contributed by atoms with Gasteiger partial charge in [-0.3, -0.25) is 0 Å². The number of nitrogens with one attached hydrogen (secondary N) is 1. The van der Waals surface area contributed by atoms with Gasteiger partial charge in [-0.15, -0.1) is 10.2 Å². The van der Waals surface area contributed by atoms with Crippen LogP contribution in [0.5, 0.6) is 0 Å². The molecule has 1 N–H and O–H groups in total. The number of benzene rings is 1. The summed E-state index contributed by atoms with van der Waals surface area (Å²) in [4.78, 5) is 1.51. The Labute approximate surface area is 106 Å². The van der Waals surface area contributed by atoms with Crippen molar-refractivity contribution in [2.45, 2.75) is 25.8 Å². The van der Waals surface area contributed by atoms with Gasteiger partial charge in [0.25, 0.3) is 0 Å². The number of fused-ring (bicyclic) bond motifs is 1. The Morgan fingerprint density at radius 1 is 1.39 bits per heavy atom. The molecule has 2 unspecified atom stereocenters. The second-order valence-electron chi connectivity index (χ2n) is 4.99. The largest absolute Gasteiger partial charge is 0.381 e. The Hall–Kier alpha value is -1.91. The van der Waals surface area contributed by atoms with Gasteiger partial charge in [0.1, 0.15) is 0 Å². The number of nitrogens with zero attached hydrogens (tertiary/aromatic N) is 4. The van der Waals surface area contributed by atoms with Crippen molar-refractivity contribution in [2.75, 3.05) is 5.32 Å². The topological polar surface area (TPSA) is 55.6 Å². The first kappa shape index (κ1) is 11.2. The van der Waals surface area contributed by atoms with Gasteiger partial charge in [-0.05, 0) is 29.2 Å². The van der Waals surface area contributed by atoms with Gasteiger partial charge in [0.05, 0.1) is 7.05 Å². The molecular weight excluding hydrogens is 226 g/mol. The summed E-state index contributed by atoms with van der Waals surface area (Å²) in [5, 5.41) is 15.8. The molecule has 1 aromatic heterocycles. The molecule has 1 aromatic carbocycles. The highest BCUT2D eigenvalue weighted by Crippen LogP contribution is 2.28. The normalized spacial score (nSPS) is 22.3. The number of anilines is 1. The summed E-state index contributed by atoms with van der Waals surface area (Å²) >= 11 is 0. The van der Waals surface area contributed by atoms with Crippen LogP contribution in [0.4, 0.5) is 5.69 Å². The van der Waals surface area contributed by atoms with Crippen LogP contribution < -0.4 is 5.32 Å². The van der Waals surface area contributed by atoms with Crippen molar-refractivity contribution in [1.29, 1.82) is 0 Å². The number of hydrogen-bond donors (Lipinski definition) is 1. The van der Waals surface area contributed by atoms with Crippen molar-refractivity contribution in [1.82, 2.24) is 20.2 Å². The monoisotopic (exact) mass is 243 g/mol. The summed E-state index contributed by atoms with van der Waals surface area (Å²) in [5.74, 6) is 1.38. The second kappa shape index (κ2) is 4.40. The average molecular weight is 243 g/mol. The average Bonchev–Trinajstić information content (AvgIpc) is 2.76. The SMILES string of the molecule is CC1Cc2ccccc2NC1Cc1nnn(C)n1. The van der Waals surface area contributed by atoms with Crippen LogP contribution in [-0.2, 0) is 19.9 Å². The van der Waals surface area contributed by atoms with E-state index in [-0.39, 0.29) is 0 Å². The number of aromatic nitrogens is 4. The van der Waals surface area contributed by atoms with Gasteiger partial charge in [-0.2, -0.15) is 4.80 Å². The third kappa shape index (κ3) is 2.08. The molecule has 3 rings (SSSR count). The number of aryl methyl sites for hydroxylation is 1. The smallest absolute Gasteiger partial charge is 0.176 e. The van der Waals surface area contributed by atoms with Crippen LogP contribution in [0.2, 0.25) is 0 Å². The van der Waals surface area contributed by atoms with Crippen LogP contribution in [0, 0.1) is 5.92 Å². The van der Waals surface area contributed by atoms with Crippen LogP contribution in [0.15, 0.2) is 24.3 Å². The zero-order valence-corrected chi connectivity index (χ0v) is 10.7. The number of rotatable bonds is 2. The molecule has 0 saturated heterocycles. The van der Waals surface area contributed by atoms with E-state index in [0.717, 1.165) is 18.7 Å². The Morgan fingerprint density at radius 3 is 3.00 bits per heavy atom. The molecule has 18 heavy (non-hydrogen) atoms. The van der Waals surface area contributed by atoms with E-state index in [9.17, 15) is 0 Å². The van der Waals surface area contributed by atoms with E-state index in [4.69, 9.17) is 0 Å². The van der Waals surface area contributed by atoms with Crippen molar-refractivity contribution >= 4 is 5.69 Å². The molecular formula is C13H17N5. The molecule has 0 saturated carbocycles. The lowest BCUT2D eigenvalue weighted by atomic mass is 9.87. The fourth-order valence-corrected chi connectivity index (χ4v) is 2.52. The van der Waals surface area contributed by atoms with Gasteiger partial charge >= 0.3 is 0 Å². The molecule has 0 radical (unpaired) electrons. The molecule has 94 valence electrons. The fraction of sp³-hybridized carbons (Fsp3) is 0.462. The van der Waals surface area contributed by atoms with E-state index in [1.165, 1.54) is 16.0 Å². The summed E-state index contributed by atoms with van der Waals surface area (Å²) in [6.45, 7) is 2.27. The maximum Gasteiger partial charge on any atom is 0.176 e. The van der Waals surface area contributed by atoms with E-state index >= 15 is 0 Å². The Morgan fingerprint density at radius 2 is 2.22 bits per heavy atom. The number of hydrogen-bond acceptors (Lipinski definition) is 4. The predicted molar refractivity (Wildman–Crippen MR) is 69.2 cm³/mol. The maximum absolute atomic E-state index is 4.25. The summed E-state index contributed by atoms with van der Waals surface area (Å²) in [5.41, 5.74) is 2.64. The quantitative estimate of drug-likeness (QED) is 0.867. The molecule has 0 aliphatic carbocycles. The zero-order valence-electron chi connectivity index (χ0n) is 10.7. The first-order valence-electron chi connectivity index (χ1n) is 6.29. The Kier molecular flexibility index (Phi) is 2.74. The van der Waals surface area contributed by atoms with Crippen molar-refractivity contribution in [3.8, 4) is 0 Å². The molecule has 2 heterocycles. The third-order valence-electron chi connectivity index (χ3n) is 3.54. The van der Waals surface area contributed by atoms with Gasteiger partial charge < -0.3 is 5.32 Å². The molecule has 0 fully saturated rings. The van der Waals surface area contributed by atoms with Crippen molar-refractivity contribution in [3.63, 3.8) is 0 Å². The van der Waals surface area contributed by atoms with Crippen LogP contribution in [0.1, 0.15) is 18.3 Å². The van der Waals surface area contributed by atoms with Gasteiger partial charge in [0.15, 0.2) is 5.82 Å². The fourth-order valence-electron chi connectivity index (χ4n) is 2.52. The van der Waals surface area contributed by atoms with Crippen LogP contribution in [-0.4, -0.2) is 26.2 Å². The van der Waals surface area contributed by atoms with E-state index in [2.05, 4.69) is 51.9 Å². The van der Waals surface area contributed by atoms with Crippen molar-refractivity contribution in [3.05, 3.63) is 35.7 Å². The van der Waals surface area contributed by atoms with Gasteiger partial charge in [0, 0.05) is 18.2 Å². The summed E-state index contributed by atoms with van der Waals surface area (Å²) in [7, 11) is 1.80. The summed E-state index contributed by atoms with van der Waals surface area (Å²) < 4.78 is 0. The maximum atomic E-state index is 4.25. The van der Waals surface area contributed by atoms with Crippen LogP contribution in [0.3, 0.4) is 0 Å². The number of tetrazole rings is 1. The minimum atomic E-state index is 0.379. The lowest BCUT2D eigenvalue weighted by Crippen LogP contribution is -2.35.